The van der Waals surface area contributed by atoms with Crippen LogP contribution in [0.5, 0.6) is 5.75 Å². The Kier molecular flexibility index (Phi) is 7.28. The van der Waals surface area contributed by atoms with Crippen molar-refractivity contribution in [3.05, 3.63) is 63.6 Å². The van der Waals surface area contributed by atoms with Gasteiger partial charge in [0.05, 0.1) is 12.9 Å². The number of para-hydroxylation sites is 1. The predicted octanol–water partition coefficient (Wildman–Crippen LogP) is 4.89. The molecule has 2 aromatic rings. The molecule has 0 spiro atoms. The van der Waals surface area contributed by atoms with Gasteiger partial charge in [0, 0.05) is 35.0 Å². The van der Waals surface area contributed by atoms with Gasteiger partial charge in [-0.3, -0.25) is 4.79 Å². The molecule has 0 aliphatic rings. The van der Waals surface area contributed by atoms with Crippen LogP contribution in [0, 0.1) is 0 Å². The first-order valence-electron chi connectivity index (χ1n) is 7.39. The van der Waals surface area contributed by atoms with Crippen LogP contribution < -0.4 is 4.74 Å². The molecule has 6 heteroatoms. The second-order valence-corrected chi connectivity index (χ2v) is 7.05. The highest BCUT2D eigenvalue weighted by Crippen LogP contribution is 2.28. The van der Waals surface area contributed by atoms with E-state index in [4.69, 9.17) is 27.9 Å². The summed E-state index contributed by atoms with van der Waals surface area (Å²) >= 11 is 13.8. The molecule has 0 fully saturated rings. The smallest absolute Gasteiger partial charge is 0.232 e. The topological polar surface area (TPSA) is 29.5 Å². The molecule has 0 radical (unpaired) electrons. The third-order valence-electron chi connectivity index (χ3n) is 3.56. The zero-order chi connectivity index (χ0) is 17.5. The van der Waals surface area contributed by atoms with Gasteiger partial charge in [-0.1, -0.05) is 47.5 Å². The van der Waals surface area contributed by atoms with Gasteiger partial charge in [0.25, 0.3) is 0 Å². The molecule has 0 aliphatic carbocycles. The van der Waals surface area contributed by atoms with Crippen LogP contribution >= 0.6 is 35.0 Å². The lowest BCUT2D eigenvalue weighted by molar-refractivity contribution is -0.127. The van der Waals surface area contributed by atoms with Crippen molar-refractivity contribution >= 4 is 40.9 Å². The average Bonchev–Trinajstić information content (AvgIpc) is 2.57. The van der Waals surface area contributed by atoms with Gasteiger partial charge in [-0.05, 0) is 23.8 Å². The number of thioether (sulfide) groups is 1. The van der Waals surface area contributed by atoms with Crippen molar-refractivity contribution < 1.29 is 9.53 Å². The van der Waals surface area contributed by atoms with Crippen LogP contribution in [0.15, 0.2) is 42.5 Å². The summed E-state index contributed by atoms with van der Waals surface area (Å²) in [6.07, 6.45) is 0. The third kappa shape index (κ3) is 5.07. The summed E-state index contributed by atoms with van der Waals surface area (Å²) in [6, 6.07) is 13.1. The fourth-order valence-electron chi connectivity index (χ4n) is 2.20. The Labute approximate surface area is 156 Å². The number of hydrogen-bond acceptors (Lipinski definition) is 3. The van der Waals surface area contributed by atoms with Crippen LogP contribution in [0.3, 0.4) is 0 Å². The number of benzene rings is 2. The van der Waals surface area contributed by atoms with E-state index >= 15 is 0 Å². The number of carbonyl (C=O) groups excluding carboxylic acids is 1. The molecule has 0 aliphatic heterocycles. The first-order chi connectivity index (χ1) is 11.5. The normalized spacial score (nSPS) is 10.5. The first-order valence-corrected chi connectivity index (χ1v) is 9.30. The van der Waals surface area contributed by atoms with E-state index in [1.165, 1.54) is 11.8 Å². The molecule has 2 rings (SSSR count). The summed E-state index contributed by atoms with van der Waals surface area (Å²) in [5, 5.41) is 1.26. The van der Waals surface area contributed by atoms with Crippen LogP contribution in [0.4, 0.5) is 0 Å². The molecule has 3 nitrogen and oxygen atoms in total. The van der Waals surface area contributed by atoms with E-state index in [2.05, 4.69) is 0 Å². The van der Waals surface area contributed by atoms with Crippen molar-refractivity contribution in [1.82, 2.24) is 4.90 Å². The molecular weight excluding hydrogens is 365 g/mol. The molecule has 0 atom stereocenters. The van der Waals surface area contributed by atoms with Gasteiger partial charge in [-0.2, -0.15) is 0 Å². The Morgan fingerprint density at radius 1 is 1.12 bits per heavy atom. The lowest BCUT2D eigenvalue weighted by atomic mass is 10.2. The van der Waals surface area contributed by atoms with E-state index in [1.807, 2.05) is 30.3 Å². The van der Waals surface area contributed by atoms with Crippen molar-refractivity contribution in [1.29, 1.82) is 0 Å². The quantitative estimate of drug-likeness (QED) is 0.681. The number of halogens is 2. The van der Waals surface area contributed by atoms with Crippen LogP contribution in [0.2, 0.25) is 10.0 Å². The van der Waals surface area contributed by atoms with E-state index in [0.717, 1.165) is 16.9 Å². The molecule has 0 aromatic heterocycles. The summed E-state index contributed by atoms with van der Waals surface area (Å²) in [6.45, 7) is 0.510. The van der Waals surface area contributed by atoms with Crippen molar-refractivity contribution in [2.45, 2.75) is 12.3 Å². The van der Waals surface area contributed by atoms with E-state index in [1.54, 1.807) is 31.2 Å². The van der Waals surface area contributed by atoms with Crippen LogP contribution in [-0.4, -0.2) is 30.7 Å². The molecule has 2 aromatic carbocycles. The van der Waals surface area contributed by atoms with Crippen molar-refractivity contribution in [3.8, 4) is 5.75 Å². The van der Waals surface area contributed by atoms with Crippen molar-refractivity contribution in [2.24, 2.45) is 0 Å². The number of rotatable bonds is 7. The van der Waals surface area contributed by atoms with Gasteiger partial charge in [0.15, 0.2) is 0 Å². The largest absolute Gasteiger partial charge is 0.496 e. The van der Waals surface area contributed by atoms with Gasteiger partial charge >= 0.3 is 0 Å². The van der Waals surface area contributed by atoms with Crippen molar-refractivity contribution in [3.63, 3.8) is 0 Å². The lowest BCUT2D eigenvalue weighted by Crippen LogP contribution is -2.28. The maximum Gasteiger partial charge on any atom is 0.232 e. The Bertz CT molecular complexity index is 689. The maximum absolute atomic E-state index is 12.3. The molecule has 0 saturated heterocycles. The fraction of sp³-hybridized carbons (Fsp3) is 0.278. The number of amides is 1. The molecule has 0 unspecified atom stereocenters. The van der Waals surface area contributed by atoms with Gasteiger partial charge in [0.2, 0.25) is 5.91 Å². The highest BCUT2D eigenvalue weighted by atomic mass is 35.5. The molecule has 0 N–H and O–H groups in total. The lowest BCUT2D eigenvalue weighted by Gasteiger charge is -2.19. The Balaban J connectivity index is 1.88. The molecule has 0 bridgehead atoms. The number of carbonyl (C=O) groups is 1. The van der Waals surface area contributed by atoms with Crippen LogP contribution in [0.25, 0.3) is 0 Å². The van der Waals surface area contributed by atoms with Crippen molar-refractivity contribution in [2.75, 3.05) is 19.9 Å². The number of hydrogen-bond donors (Lipinski definition) is 0. The van der Waals surface area contributed by atoms with Crippen LogP contribution in [0.1, 0.15) is 11.1 Å². The van der Waals surface area contributed by atoms with Crippen LogP contribution in [-0.2, 0) is 17.1 Å². The van der Waals surface area contributed by atoms with Gasteiger partial charge in [-0.25, -0.2) is 0 Å². The second kappa shape index (κ2) is 9.21. The third-order valence-corrected chi connectivity index (χ3v) is 5.21. The molecular formula is C18H19Cl2NO2S. The Morgan fingerprint density at radius 2 is 1.79 bits per heavy atom. The minimum Gasteiger partial charge on any atom is -0.496 e. The maximum atomic E-state index is 12.3. The minimum atomic E-state index is 0.0501. The second-order valence-electron chi connectivity index (χ2n) is 5.25. The standard InChI is InChI=1S/C18H19Cl2NO2S/c1-21(10-13-6-3-4-9-17(13)23-2)18(22)12-24-11-14-15(19)7-5-8-16(14)20/h3-9H,10-12H2,1-2H3. The molecule has 0 saturated carbocycles. The van der Waals surface area contributed by atoms with Gasteiger partial charge < -0.3 is 9.64 Å². The molecule has 128 valence electrons. The molecule has 24 heavy (non-hydrogen) atoms. The zero-order valence-electron chi connectivity index (χ0n) is 13.6. The summed E-state index contributed by atoms with van der Waals surface area (Å²) in [5.74, 6) is 1.81. The monoisotopic (exact) mass is 383 g/mol. The Hall–Kier alpha value is -1.36. The average molecular weight is 384 g/mol. The summed E-state index contributed by atoms with van der Waals surface area (Å²) in [7, 11) is 3.42. The zero-order valence-corrected chi connectivity index (χ0v) is 15.9. The van der Waals surface area contributed by atoms with E-state index in [-0.39, 0.29) is 5.91 Å². The Morgan fingerprint density at radius 3 is 2.46 bits per heavy atom. The van der Waals surface area contributed by atoms with Gasteiger partial charge in [0.1, 0.15) is 5.75 Å². The predicted molar refractivity (Wildman–Crippen MR) is 102 cm³/mol. The molecule has 0 heterocycles. The number of ether oxygens (including phenoxy) is 1. The fourth-order valence-corrected chi connectivity index (χ4v) is 3.90. The summed E-state index contributed by atoms with van der Waals surface area (Å²) in [4.78, 5) is 14.0. The summed E-state index contributed by atoms with van der Waals surface area (Å²) in [5.41, 5.74) is 1.85. The highest BCUT2D eigenvalue weighted by molar-refractivity contribution is 7.99. The molecule has 1 amide bonds. The summed E-state index contributed by atoms with van der Waals surface area (Å²) < 4.78 is 5.32. The SMILES string of the molecule is COc1ccccc1CN(C)C(=O)CSCc1c(Cl)cccc1Cl. The van der Waals surface area contributed by atoms with E-state index < -0.39 is 0 Å². The van der Waals surface area contributed by atoms with E-state index in [9.17, 15) is 4.79 Å². The minimum absolute atomic E-state index is 0.0501. The van der Waals surface area contributed by atoms with E-state index in [0.29, 0.717) is 28.1 Å². The first kappa shape index (κ1) is 19.0. The number of methoxy groups -OCH3 is 1. The highest BCUT2D eigenvalue weighted by Gasteiger charge is 2.13. The number of nitrogens with zero attached hydrogens (tertiary/aromatic N) is 1. The van der Waals surface area contributed by atoms with Gasteiger partial charge in [-0.15, -0.1) is 11.8 Å².